The second-order valence-corrected chi connectivity index (χ2v) is 5.95. The average molecular weight is 244 g/mol. The van der Waals surface area contributed by atoms with E-state index in [-0.39, 0.29) is 0 Å². The van der Waals surface area contributed by atoms with Gasteiger partial charge in [0.15, 0.2) is 0 Å². The van der Waals surface area contributed by atoms with Crippen LogP contribution in [0.1, 0.15) is 46.4 Å². The highest BCUT2D eigenvalue weighted by atomic mass is 32.1. The van der Waals surface area contributed by atoms with Crippen molar-refractivity contribution in [2.45, 2.75) is 31.8 Å². The molecule has 0 aliphatic heterocycles. The van der Waals surface area contributed by atoms with E-state index in [1.165, 1.54) is 23.3 Å². The van der Waals surface area contributed by atoms with Crippen molar-refractivity contribution < 1.29 is 5.11 Å². The van der Waals surface area contributed by atoms with E-state index in [0.717, 1.165) is 17.0 Å². The Morgan fingerprint density at radius 3 is 2.71 bits per heavy atom. The summed E-state index contributed by atoms with van der Waals surface area (Å²) in [4.78, 5) is 1.25. The van der Waals surface area contributed by atoms with E-state index in [9.17, 15) is 5.11 Å². The Bertz CT molecular complexity index is 525. The quantitative estimate of drug-likeness (QED) is 0.864. The zero-order chi connectivity index (χ0) is 11.8. The van der Waals surface area contributed by atoms with Crippen LogP contribution in [0.4, 0.5) is 0 Å². The molecule has 2 aromatic rings. The van der Waals surface area contributed by atoms with E-state index in [4.69, 9.17) is 0 Å². The minimum Gasteiger partial charge on any atom is -0.384 e. The number of rotatable bonds is 3. The normalized spacial score (nSPS) is 17.1. The summed E-state index contributed by atoms with van der Waals surface area (Å²) < 4.78 is 0. The lowest BCUT2D eigenvalue weighted by Gasteiger charge is -2.10. The number of aliphatic hydroxyl groups is 1. The molecule has 2 heteroatoms. The van der Waals surface area contributed by atoms with E-state index < -0.39 is 6.10 Å². The number of benzene rings is 1. The van der Waals surface area contributed by atoms with Gasteiger partial charge in [-0.2, -0.15) is 0 Å². The maximum Gasteiger partial charge on any atom is 0.105 e. The molecular weight excluding hydrogens is 228 g/mol. The lowest BCUT2D eigenvalue weighted by Crippen LogP contribution is -1.98. The first-order chi connectivity index (χ1) is 8.24. The van der Waals surface area contributed by atoms with Crippen LogP contribution in [-0.2, 0) is 0 Å². The molecule has 1 aromatic heterocycles. The second-order valence-electron chi connectivity index (χ2n) is 4.84. The summed E-state index contributed by atoms with van der Waals surface area (Å²) in [5.74, 6) is 0.742. The zero-order valence-electron chi connectivity index (χ0n) is 9.89. The molecule has 0 radical (unpaired) electrons. The standard InChI is InChI=1S/C15H16OS/c1-10-7-14(9-17-10)15(16)13-4-2-3-12(8-13)11-5-6-11/h2-4,7-9,11,15-16H,5-6H2,1H3. The first kappa shape index (κ1) is 11.0. The van der Waals surface area contributed by atoms with Gasteiger partial charge in [0.1, 0.15) is 6.10 Å². The Kier molecular flexibility index (Phi) is 2.77. The smallest absolute Gasteiger partial charge is 0.105 e. The maximum atomic E-state index is 10.3. The second kappa shape index (κ2) is 4.28. The highest BCUT2D eigenvalue weighted by Crippen LogP contribution is 2.41. The lowest BCUT2D eigenvalue weighted by molar-refractivity contribution is 0.220. The van der Waals surface area contributed by atoms with E-state index in [1.54, 1.807) is 11.3 Å². The van der Waals surface area contributed by atoms with Gasteiger partial charge in [0.2, 0.25) is 0 Å². The fourth-order valence-electron chi connectivity index (χ4n) is 2.20. The van der Waals surface area contributed by atoms with Gasteiger partial charge < -0.3 is 5.11 Å². The fourth-order valence-corrected chi connectivity index (χ4v) is 2.92. The number of hydrogen-bond acceptors (Lipinski definition) is 2. The fraction of sp³-hybridized carbons (Fsp3) is 0.333. The van der Waals surface area contributed by atoms with Gasteiger partial charge in [-0.05, 0) is 53.8 Å². The number of thiophene rings is 1. The first-order valence-corrected chi connectivity index (χ1v) is 6.95. The van der Waals surface area contributed by atoms with Gasteiger partial charge in [-0.1, -0.05) is 24.3 Å². The Morgan fingerprint density at radius 1 is 1.24 bits per heavy atom. The lowest BCUT2D eigenvalue weighted by atomic mass is 10.00. The van der Waals surface area contributed by atoms with Crippen LogP contribution in [-0.4, -0.2) is 5.11 Å². The van der Waals surface area contributed by atoms with Crippen molar-refractivity contribution in [2.24, 2.45) is 0 Å². The number of hydrogen-bond donors (Lipinski definition) is 1. The van der Waals surface area contributed by atoms with Crippen LogP contribution in [0.25, 0.3) is 0 Å². The molecule has 1 saturated carbocycles. The Labute approximate surface area is 106 Å². The SMILES string of the molecule is Cc1cc(C(O)c2cccc(C3CC3)c2)cs1. The molecule has 0 saturated heterocycles. The van der Waals surface area contributed by atoms with Crippen molar-refractivity contribution in [1.29, 1.82) is 0 Å². The average Bonchev–Trinajstić information content (AvgIpc) is 3.11. The molecule has 1 aliphatic rings. The molecule has 1 aromatic carbocycles. The predicted molar refractivity (Wildman–Crippen MR) is 71.5 cm³/mol. The summed E-state index contributed by atoms with van der Waals surface area (Å²) in [6.45, 7) is 2.07. The summed E-state index contributed by atoms with van der Waals surface area (Å²) in [6, 6.07) is 10.5. The summed E-state index contributed by atoms with van der Waals surface area (Å²) in [6.07, 6.45) is 2.13. The van der Waals surface area contributed by atoms with Crippen LogP contribution < -0.4 is 0 Å². The van der Waals surface area contributed by atoms with Crippen LogP contribution in [0, 0.1) is 6.92 Å². The van der Waals surface area contributed by atoms with Gasteiger partial charge in [0, 0.05) is 4.88 Å². The van der Waals surface area contributed by atoms with Crippen LogP contribution in [0.5, 0.6) is 0 Å². The summed E-state index contributed by atoms with van der Waals surface area (Å²) >= 11 is 1.69. The van der Waals surface area contributed by atoms with E-state index >= 15 is 0 Å². The molecule has 1 nitrogen and oxygen atoms in total. The number of aliphatic hydroxyl groups excluding tert-OH is 1. The molecule has 0 bridgehead atoms. The largest absolute Gasteiger partial charge is 0.384 e. The van der Waals surface area contributed by atoms with Crippen LogP contribution in [0.2, 0.25) is 0 Å². The summed E-state index contributed by atoms with van der Waals surface area (Å²) in [5.41, 5.74) is 3.42. The topological polar surface area (TPSA) is 20.2 Å². The molecule has 88 valence electrons. The van der Waals surface area contributed by atoms with E-state index in [2.05, 4.69) is 31.2 Å². The highest BCUT2D eigenvalue weighted by Gasteiger charge is 2.24. The van der Waals surface area contributed by atoms with Crippen LogP contribution in [0.3, 0.4) is 0 Å². The molecule has 0 amide bonds. The molecule has 1 N–H and O–H groups in total. The molecule has 0 spiro atoms. The molecule has 17 heavy (non-hydrogen) atoms. The van der Waals surface area contributed by atoms with Crippen LogP contribution in [0.15, 0.2) is 35.7 Å². The summed E-state index contributed by atoms with van der Waals surface area (Å²) in [5, 5.41) is 12.4. The Morgan fingerprint density at radius 2 is 2.06 bits per heavy atom. The van der Waals surface area contributed by atoms with Gasteiger partial charge in [-0.15, -0.1) is 11.3 Å². The van der Waals surface area contributed by atoms with Crippen molar-refractivity contribution >= 4 is 11.3 Å². The molecule has 1 fully saturated rings. The van der Waals surface area contributed by atoms with Gasteiger partial charge >= 0.3 is 0 Å². The number of aryl methyl sites for hydroxylation is 1. The third kappa shape index (κ3) is 2.28. The van der Waals surface area contributed by atoms with Crippen molar-refractivity contribution in [2.75, 3.05) is 0 Å². The zero-order valence-corrected chi connectivity index (χ0v) is 10.7. The van der Waals surface area contributed by atoms with Gasteiger partial charge in [-0.25, -0.2) is 0 Å². The van der Waals surface area contributed by atoms with Crippen molar-refractivity contribution in [3.8, 4) is 0 Å². The molecule has 1 heterocycles. The van der Waals surface area contributed by atoms with Gasteiger partial charge in [-0.3, -0.25) is 0 Å². The molecular formula is C15H16OS. The van der Waals surface area contributed by atoms with Crippen LogP contribution >= 0.6 is 11.3 Å². The molecule has 1 atom stereocenters. The molecule has 1 aliphatic carbocycles. The predicted octanol–water partition coefficient (Wildman–Crippen LogP) is 4.02. The monoisotopic (exact) mass is 244 g/mol. The maximum absolute atomic E-state index is 10.3. The third-order valence-corrected chi connectivity index (χ3v) is 4.22. The minimum atomic E-state index is -0.473. The minimum absolute atomic E-state index is 0.473. The first-order valence-electron chi connectivity index (χ1n) is 6.07. The van der Waals surface area contributed by atoms with E-state index in [1.807, 2.05) is 11.4 Å². The van der Waals surface area contributed by atoms with Crippen molar-refractivity contribution in [1.82, 2.24) is 0 Å². The van der Waals surface area contributed by atoms with Crippen molar-refractivity contribution in [3.05, 3.63) is 57.3 Å². The summed E-state index contributed by atoms with van der Waals surface area (Å²) in [7, 11) is 0. The van der Waals surface area contributed by atoms with Gasteiger partial charge in [0.25, 0.3) is 0 Å². The molecule has 3 rings (SSSR count). The molecule has 1 unspecified atom stereocenters. The third-order valence-electron chi connectivity index (χ3n) is 3.34. The van der Waals surface area contributed by atoms with Gasteiger partial charge in [0.05, 0.1) is 0 Å². The Hall–Kier alpha value is -1.12. The van der Waals surface area contributed by atoms with E-state index in [0.29, 0.717) is 0 Å². The highest BCUT2D eigenvalue weighted by molar-refractivity contribution is 7.10. The van der Waals surface area contributed by atoms with Crippen molar-refractivity contribution in [3.63, 3.8) is 0 Å². The Balaban J connectivity index is 1.89.